The minimum Gasteiger partial charge on any atom is -0.395 e. The van der Waals surface area contributed by atoms with E-state index in [2.05, 4.69) is 15.4 Å². The van der Waals surface area contributed by atoms with Gasteiger partial charge in [0.05, 0.1) is 18.5 Å². The second kappa shape index (κ2) is 6.92. The highest BCUT2D eigenvalue weighted by Crippen LogP contribution is 2.32. The molecule has 0 amide bonds. The molecule has 0 aromatic carbocycles. The number of hydrogen-bond donors (Lipinski definition) is 3. The molecule has 4 N–H and O–H groups in total. The van der Waals surface area contributed by atoms with Gasteiger partial charge in [0.15, 0.2) is 0 Å². The second-order valence-corrected chi connectivity index (χ2v) is 5.48. The molecule has 2 rings (SSSR count). The summed E-state index contributed by atoms with van der Waals surface area (Å²) in [5, 5.41) is 9.79. The average Bonchev–Trinajstić information content (AvgIpc) is 2.88. The van der Waals surface area contributed by atoms with Crippen molar-refractivity contribution in [3.63, 3.8) is 0 Å². The van der Waals surface area contributed by atoms with Crippen molar-refractivity contribution in [1.82, 2.24) is 9.97 Å². The van der Waals surface area contributed by atoms with E-state index in [0.29, 0.717) is 16.0 Å². The molecule has 0 aliphatic rings. The fourth-order valence-electron chi connectivity index (χ4n) is 2.01. The maximum Gasteiger partial charge on any atom is 0.255 e. The van der Waals surface area contributed by atoms with E-state index in [-0.39, 0.29) is 19.1 Å². The summed E-state index contributed by atoms with van der Waals surface area (Å²) in [4.78, 5) is 11.5. The number of alkyl halides is 2. The third-order valence-electron chi connectivity index (χ3n) is 2.93. The number of aryl methyl sites for hydroxylation is 1. The van der Waals surface area contributed by atoms with Crippen molar-refractivity contribution in [1.29, 1.82) is 0 Å². The van der Waals surface area contributed by atoms with Gasteiger partial charge in [0.25, 0.3) is 6.43 Å². The van der Waals surface area contributed by atoms with Gasteiger partial charge in [-0.15, -0.1) is 11.3 Å². The van der Waals surface area contributed by atoms with Crippen LogP contribution in [0.4, 0.5) is 20.5 Å². The number of thiophene rings is 1. The van der Waals surface area contributed by atoms with Gasteiger partial charge in [0.2, 0.25) is 5.95 Å². The smallest absolute Gasteiger partial charge is 0.255 e. The zero-order valence-corrected chi connectivity index (χ0v) is 12.3. The third-order valence-corrected chi connectivity index (χ3v) is 4.10. The summed E-state index contributed by atoms with van der Waals surface area (Å²) in [6.45, 7) is 1.32. The quantitative estimate of drug-likeness (QED) is 0.531. The number of fused-ring (bicyclic) bond motifs is 1. The van der Waals surface area contributed by atoms with Crippen molar-refractivity contribution in [2.75, 3.05) is 30.0 Å². The number of nitrogen functional groups attached to an aromatic ring is 1. The Hall–Kier alpha value is -1.58. The molecule has 0 aliphatic heterocycles. The lowest BCUT2D eigenvalue weighted by Gasteiger charge is -2.23. The number of hydrogen-bond acceptors (Lipinski definition) is 7. The van der Waals surface area contributed by atoms with Crippen LogP contribution in [0.5, 0.6) is 0 Å². The number of aromatic nitrogens is 2. The van der Waals surface area contributed by atoms with E-state index in [0.717, 1.165) is 11.3 Å². The lowest BCUT2D eigenvalue weighted by Crippen LogP contribution is -2.32. The van der Waals surface area contributed by atoms with Crippen LogP contribution in [0.15, 0.2) is 6.07 Å². The number of nitrogens with one attached hydrogen (secondary N) is 1. The molecule has 21 heavy (non-hydrogen) atoms. The lowest BCUT2D eigenvalue weighted by molar-refractivity contribution is 0.152. The number of nitrogens with two attached hydrogens (primary N) is 1. The molecule has 0 radical (unpaired) electrons. The molecule has 116 valence electrons. The minimum absolute atomic E-state index is 0.0672. The summed E-state index contributed by atoms with van der Waals surface area (Å²) >= 11 is 1.47. The van der Waals surface area contributed by atoms with Crippen LogP contribution in [0.1, 0.15) is 11.8 Å². The average molecular weight is 317 g/mol. The van der Waals surface area contributed by atoms with Crippen LogP contribution in [-0.4, -0.2) is 41.2 Å². The van der Waals surface area contributed by atoms with Crippen LogP contribution in [0.2, 0.25) is 0 Å². The van der Waals surface area contributed by atoms with Crippen molar-refractivity contribution >= 4 is 33.3 Å². The van der Waals surface area contributed by atoms with Gasteiger partial charge in [0.1, 0.15) is 10.6 Å². The molecule has 0 atom stereocenters. The number of hydrazine groups is 1. The molecule has 0 spiro atoms. The number of anilines is 2. The fourth-order valence-corrected chi connectivity index (χ4v) is 2.97. The Morgan fingerprint density at radius 3 is 2.81 bits per heavy atom. The zero-order chi connectivity index (χ0) is 15.4. The molecular formula is C12H17F2N5OS. The molecule has 2 aromatic rings. The van der Waals surface area contributed by atoms with Crippen molar-refractivity contribution in [2.45, 2.75) is 19.8 Å². The second-order valence-electron chi connectivity index (χ2n) is 4.36. The van der Waals surface area contributed by atoms with Crippen LogP contribution >= 0.6 is 11.3 Å². The van der Waals surface area contributed by atoms with Crippen molar-refractivity contribution in [3.05, 3.63) is 10.9 Å². The van der Waals surface area contributed by atoms with Gasteiger partial charge in [-0.3, -0.25) is 5.43 Å². The molecule has 2 heterocycles. The van der Waals surface area contributed by atoms with Crippen LogP contribution in [-0.2, 0) is 6.42 Å². The number of aliphatic hydroxyl groups excluding tert-OH is 1. The van der Waals surface area contributed by atoms with Crippen LogP contribution in [0.25, 0.3) is 10.2 Å². The van der Waals surface area contributed by atoms with Crippen LogP contribution < -0.4 is 16.2 Å². The molecule has 6 nitrogen and oxygen atoms in total. The van der Waals surface area contributed by atoms with Gasteiger partial charge in [-0.2, -0.15) is 4.98 Å². The molecule has 2 aromatic heterocycles. The normalized spacial score (nSPS) is 11.3. The van der Waals surface area contributed by atoms with Crippen molar-refractivity contribution < 1.29 is 13.9 Å². The zero-order valence-electron chi connectivity index (χ0n) is 11.5. The van der Waals surface area contributed by atoms with Gasteiger partial charge in [0, 0.05) is 11.4 Å². The third kappa shape index (κ3) is 3.55. The maximum atomic E-state index is 12.7. The van der Waals surface area contributed by atoms with E-state index in [4.69, 9.17) is 10.9 Å². The highest BCUT2D eigenvalue weighted by molar-refractivity contribution is 7.18. The van der Waals surface area contributed by atoms with Gasteiger partial charge in [-0.1, -0.05) is 6.92 Å². The molecule has 0 bridgehead atoms. The molecule has 0 fully saturated rings. The molecule has 0 saturated heterocycles. The topological polar surface area (TPSA) is 87.3 Å². The van der Waals surface area contributed by atoms with E-state index in [1.165, 1.54) is 16.2 Å². The Morgan fingerprint density at radius 2 is 2.24 bits per heavy atom. The van der Waals surface area contributed by atoms with E-state index >= 15 is 0 Å². The predicted molar refractivity (Wildman–Crippen MR) is 79.9 cm³/mol. The first kappa shape index (κ1) is 15.8. The first-order chi connectivity index (χ1) is 10.1. The standard InChI is InChI=1S/C12H17F2N5OS/c1-2-7-5-8-10(19(3-4-20)6-9(13)14)16-12(18-15)17-11(8)21-7/h5,9,20H,2-4,6,15H2,1H3,(H,16,17,18). The molecule has 9 heteroatoms. The summed E-state index contributed by atoms with van der Waals surface area (Å²) in [7, 11) is 0. The maximum absolute atomic E-state index is 12.7. The fraction of sp³-hybridized carbons (Fsp3) is 0.500. The van der Waals surface area contributed by atoms with E-state index in [9.17, 15) is 8.78 Å². The number of rotatable bonds is 7. The highest BCUT2D eigenvalue weighted by atomic mass is 32.1. The molecular weight excluding hydrogens is 300 g/mol. The minimum atomic E-state index is -2.53. The van der Waals surface area contributed by atoms with E-state index in [1.54, 1.807) is 0 Å². The Labute approximate surface area is 124 Å². The monoisotopic (exact) mass is 317 g/mol. The first-order valence-electron chi connectivity index (χ1n) is 6.50. The van der Waals surface area contributed by atoms with Gasteiger partial charge in [-0.05, 0) is 12.5 Å². The Morgan fingerprint density at radius 1 is 1.48 bits per heavy atom. The molecule has 0 aliphatic carbocycles. The van der Waals surface area contributed by atoms with Crippen LogP contribution in [0, 0.1) is 0 Å². The summed E-state index contributed by atoms with van der Waals surface area (Å²) in [6.07, 6.45) is -1.71. The molecule has 0 saturated carbocycles. The van der Waals surface area contributed by atoms with E-state index < -0.39 is 13.0 Å². The van der Waals surface area contributed by atoms with Crippen LogP contribution in [0.3, 0.4) is 0 Å². The lowest BCUT2D eigenvalue weighted by atomic mass is 10.3. The number of aliphatic hydroxyl groups is 1. The molecule has 0 unspecified atom stereocenters. The number of nitrogens with zero attached hydrogens (tertiary/aromatic N) is 3. The first-order valence-corrected chi connectivity index (χ1v) is 7.31. The van der Waals surface area contributed by atoms with Gasteiger partial charge >= 0.3 is 0 Å². The summed E-state index contributed by atoms with van der Waals surface area (Å²) in [5.41, 5.74) is 2.34. The Balaban J connectivity index is 2.54. The Bertz CT molecular complexity index is 607. The summed E-state index contributed by atoms with van der Waals surface area (Å²) in [6, 6.07) is 1.89. The Kier molecular flexibility index (Phi) is 5.21. The van der Waals surface area contributed by atoms with Crippen molar-refractivity contribution in [2.24, 2.45) is 5.84 Å². The predicted octanol–water partition coefficient (Wildman–Crippen LogP) is 1.60. The van der Waals surface area contributed by atoms with Gasteiger partial charge in [-0.25, -0.2) is 19.6 Å². The highest BCUT2D eigenvalue weighted by Gasteiger charge is 2.19. The van der Waals surface area contributed by atoms with Gasteiger partial charge < -0.3 is 10.0 Å². The summed E-state index contributed by atoms with van der Waals surface area (Å²) < 4.78 is 25.5. The van der Waals surface area contributed by atoms with E-state index in [1.807, 2.05) is 13.0 Å². The number of halogens is 2. The SMILES string of the molecule is CCc1cc2c(N(CCO)CC(F)F)nc(NN)nc2s1. The largest absolute Gasteiger partial charge is 0.395 e. The summed E-state index contributed by atoms with van der Waals surface area (Å²) in [5.74, 6) is 5.86. The van der Waals surface area contributed by atoms with Crippen molar-refractivity contribution in [3.8, 4) is 0 Å².